The molecule has 1 amide bonds. The quantitative estimate of drug-likeness (QED) is 0.878. The second-order valence-corrected chi connectivity index (χ2v) is 4.42. The van der Waals surface area contributed by atoms with E-state index in [1.54, 1.807) is 12.3 Å². The number of anilines is 1. The summed E-state index contributed by atoms with van der Waals surface area (Å²) in [6.07, 6.45) is 2.03. The fourth-order valence-electron chi connectivity index (χ4n) is 1.83. The molecule has 2 rings (SSSR count). The Balaban J connectivity index is 2.03. The molecule has 19 heavy (non-hydrogen) atoms. The van der Waals surface area contributed by atoms with E-state index in [2.05, 4.69) is 10.3 Å². The van der Waals surface area contributed by atoms with Crippen LogP contribution in [0.25, 0.3) is 0 Å². The highest BCUT2D eigenvalue weighted by Crippen LogP contribution is 2.10. The van der Waals surface area contributed by atoms with Crippen LogP contribution in [0.15, 0.2) is 42.6 Å². The van der Waals surface area contributed by atoms with E-state index in [-0.39, 0.29) is 5.91 Å². The maximum Gasteiger partial charge on any atom is 0.229 e. The molecular weight excluding hydrogens is 238 g/mol. The monoisotopic (exact) mass is 255 g/mol. The lowest BCUT2D eigenvalue weighted by Crippen LogP contribution is -2.16. The molecule has 3 N–H and O–H groups in total. The van der Waals surface area contributed by atoms with Crippen molar-refractivity contribution in [2.24, 2.45) is 5.73 Å². The minimum atomic E-state index is -0.0859. The minimum absolute atomic E-state index is 0.0859. The van der Waals surface area contributed by atoms with Crippen molar-refractivity contribution in [3.05, 3.63) is 59.3 Å². The maximum atomic E-state index is 11.9. The van der Waals surface area contributed by atoms with E-state index in [1.807, 2.05) is 37.3 Å². The van der Waals surface area contributed by atoms with Gasteiger partial charge in [-0.15, -0.1) is 0 Å². The van der Waals surface area contributed by atoms with Crippen molar-refractivity contribution in [3.8, 4) is 0 Å². The molecule has 0 aliphatic carbocycles. The van der Waals surface area contributed by atoms with Crippen LogP contribution in [-0.2, 0) is 17.8 Å². The highest BCUT2D eigenvalue weighted by atomic mass is 16.1. The number of amides is 1. The minimum Gasteiger partial charge on any atom is -0.326 e. The van der Waals surface area contributed by atoms with Crippen molar-refractivity contribution in [1.29, 1.82) is 0 Å². The van der Waals surface area contributed by atoms with Gasteiger partial charge in [0, 0.05) is 12.7 Å². The van der Waals surface area contributed by atoms with Gasteiger partial charge in [0.05, 0.1) is 6.42 Å². The summed E-state index contributed by atoms with van der Waals surface area (Å²) < 4.78 is 0. The van der Waals surface area contributed by atoms with Crippen LogP contribution in [0, 0.1) is 6.92 Å². The second-order valence-electron chi connectivity index (χ2n) is 4.42. The van der Waals surface area contributed by atoms with E-state index in [0.717, 1.165) is 16.7 Å². The van der Waals surface area contributed by atoms with E-state index in [4.69, 9.17) is 5.73 Å². The molecular formula is C15H17N3O. The Hall–Kier alpha value is -2.20. The topological polar surface area (TPSA) is 68.0 Å². The summed E-state index contributed by atoms with van der Waals surface area (Å²) in [4.78, 5) is 16.1. The fourth-order valence-corrected chi connectivity index (χ4v) is 1.83. The SMILES string of the molecule is Cc1ccc(NC(=O)Cc2ccccc2CN)nc1. The standard InChI is InChI=1S/C15H17N3O/c1-11-6-7-14(17-10-11)18-15(19)8-12-4-2-3-5-13(12)9-16/h2-7,10H,8-9,16H2,1H3,(H,17,18,19). The van der Waals surface area contributed by atoms with Crippen LogP contribution in [-0.4, -0.2) is 10.9 Å². The zero-order valence-electron chi connectivity index (χ0n) is 10.9. The third-order valence-corrected chi connectivity index (χ3v) is 2.87. The average Bonchev–Trinajstić information content (AvgIpc) is 2.42. The van der Waals surface area contributed by atoms with E-state index in [0.29, 0.717) is 18.8 Å². The molecule has 0 saturated carbocycles. The predicted molar refractivity (Wildman–Crippen MR) is 75.6 cm³/mol. The van der Waals surface area contributed by atoms with Crippen LogP contribution in [0.5, 0.6) is 0 Å². The van der Waals surface area contributed by atoms with Crippen molar-refractivity contribution < 1.29 is 4.79 Å². The number of pyridine rings is 1. The smallest absolute Gasteiger partial charge is 0.229 e. The van der Waals surface area contributed by atoms with Gasteiger partial charge in [-0.25, -0.2) is 4.98 Å². The Kier molecular flexibility index (Phi) is 4.26. The Bertz CT molecular complexity index is 564. The van der Waals surface area contributed by atoms with Gasteiger partial charge in [-0.1, -0.05) is 30.3 Å². The zero-order chi connectivity index (χ0) is 13.7. The lowest BCUT2D eigenvalue weighted by atomic mass is 10.0. The molecule has 1 aromatic carbocycles. The van der Waals surface area contributed by atoms with Crippen molar-refractivity contribution in [1.82, 2.24) is 4.98 Å². The van der Waals surface area contributed by atoms with Gasteiger partial charge in [-0.3, -0.25) is 4.79 Å². The summed E-state index contributed by atoms with van der Waals surface area (Å²) in [5, 5.41) is 2.78. The first-order chi connectivity index (χ1) is 9.19. The fraction of sp³-hybridized carbons (Fsp3) is 0.200. The van der Waals surface area contributed by atoms with Crippen LogP contribution >= 0.6 is 0 Å². The van der Waals surface area contributed by atoms with Gasteiger partial charge >= 0.3 is 0 Å². The van der Waals surface area contributed by atoms with Crippen LogP contribution in [0.3, 0.4) is 0 Å². The number of nitrogens with zero attached hydrogens (tertiary/aromatic N) is 1. The van der Waals surface area contributed by atoms with Crippen LogP contribution in [0.2, 0.25) is 0 Å². The molecule has 0 fully saturated rings. The molecule has 0 atom stereocenters. The molecule has 1 heterocycles. The first kappa shape index (κ1) is 13.2. The summed E-state index contributed by atoms with van der Waals surface area (Å²) in [5.41, 5.74) is 8.66. The molecule has 4 heteroatoms. The Labute approximate surface area is 112 Å². The summed E-state index contributed by atoms with van der Waals surface area (Å²) in [6.45, 7) is 2.39. The number of aromatic nitrogens is 1. The maximum absolute atomic E-state index is 11.9. The summed E-state index contributed by atoms with van der Waals surface area (Å²) in [5.74, 6) is 0.484. The van der Waals surface area contributed by atoms with Gasteiger partial charge in [0.1, 0.15) is 5.82 Å². The number of benzene rings is 1. The van der Waals surface area contributed by atoms with E-state index in [9.17, 15) is 4.79 Å². The first-order valence-electron chi connectivity index (χ1n) is 6.18. The Morgan fingerprint density at radius 3 is 2.58 bits per heavy atom. The average molecular weight is 255 g/mol. The second kappa shape index (κ2) is 6.11. The predicted octanol–water partition coefficient (Wildman–Crippen LogP) is 2.03. The van der Waals surface area contributed by atoms with Crippen molar-refractivity contribution in [3.63, 3.8) is 0 Å². The van der Waals surface area contributed by atoms with Gasteiger partial charge in [0.2, 0.25) is 5.91 Å². The highest BCUT2D eigenvalue weighted by Gasteiger charge is 2.07. The molecule has 1 aromatic heterocycles. The van der Waals surface area contributed by atoms with Gasteiger partial charge < -0.3 is 11.1 Å². The van der Waals surface area contributed by atoms with E-state index < -0.39 is 0 Å². The number of nitrogens with two attached hydrogens (primary N) is 1. The lowest BCUT2D eigenvalue weighted by Gasteiger charge is -2.08. The Morgan fingerprint density at radius 1 is 1.21 bits per heavy atom. The Morgan fingerprint density at radius 2 is 1.95 bits per heavy atom. The number of rotatable bonds is 4. The molecule has 0 aliphatic heterocycles. The number of carbonyl (C=O) groups excluding carboxylic acids is 1. The summed E-state index contributed by atoms with van der Waals surface area (Å²) >= 11 is 0. The lowest BCUT2D eigenvalue weighted by molar-refractivity contribution is -0.115. The van der Waals surface area contributed by atoms with Crippen molar-refractivity contribution in [2.45, 2.75) is 19.9 Å². The molecule has 0 saturated heterocycles. The number of aryl methyl sites for hydroxylation is 1. The summed E-state index contributed by atoms with van der Waals surface area (Å²) in [7, 11) is 0. The van der Waals surface area contributed by atoms with Crippen LogP contribution < -0.4 is 11.1 Å². The molecule has 2 aromatic rings. The van der Waals surface area contributed by atoms with Crippen LogP contribution in [0.1, 0.15) is 16.7 Å². The molecule has 0 spiro atoms. The molecule has 0 unspecified atom stereocenters. The van der Waals surface area contributed by atoms with Gasteiger partial charge in [0.25, 0.3) is 0 Å². The van der Waals surface area contributed by atoms with E-state index in [1.165, 1.54) is 0 Å². The molecule has 0 radical (unpaired) electrons. The molecule has 0 aliphatic rings. The van der Waals surface area contributed by atoms with Gasteiger partial charge in [-0.05, 0) is 29.7 Å². The number of hydrogen-bond acceptors (Lipinski definition) is 3. The number of carbonyl (C=O) groups is 1. The largest absolute Gasteiger partial charge is 0.326 e. The third-order valence-electron chi connectivity index (χ3n) is 2.87. The molecule has 98 valence electrons. The first-order valence-corrected chi connectivity index (χ1v) is 6.18. The number of nitrogens with one attached hydrogen (secondary N) is 1. The third kappa shape index (κ3) is 3.63. The molecule has 4 nitrogen and oxygen atoms in total. The van der Waals surface area contributed by atoms with Crippen LogP contribution in [0.4, 0.5) is 5.82 Å². The normalized spacial score (nSPS) is 10.2. The number of hydrogen-bond donors (Lipinski definition) is 2. The highest BCUT2D eigenvalue weighted by molar-refractivity contribution is 5.91. The van der Waals surface area contributed by atoms with E-state index >= 15 is 0 Å². The zero-order valence-corrected chi connectivity index (χ0v) is 10.9. The van der Waals surface area contributed by atoms with Crippen molar-refractivity contribution in [2.75, 3.05) is 5.32 Å². The summed E-state index contributed by atoms with van der Waals surface area (Å²) in [6, 6.07) is 11.4. The molecule has 0 bridgehead atoms. The van der Waals surface area contributed by atoms with Gasteiger partial charge in [-0.2, -0.15) is 0 Å². The van der Waals surface area contributed by atoms with Crippen molar-refractivity contribution >= 4 is 11.7 Å². The van der Waals surface area contributed by atoms with Gasteiger partial charge in [0.15, 0.2) is 0 Å².